The fourth-order valence-electron chi connectivity index (χ4n) is 2.93. The van der Waals surface area contributed by atoms with E-state index in [9.17, 15) is 14.4 Å². The zero-order valence-electron chi connectivity index (χ0n) is 13.1. The van der Waals surface area contributed by atoms with Crippen molar-refractivity contribution in [1.82, 2.24) is 4.90 Å². The Morgan fingerprint density at radius 2 is 1.79 bits per heavy atom. The largest absolute Gasteiger partial charge is 0.459 e. The molecule has 0 radical (unpaired) electrons. The molecule has 1 heterocycles. The topological polar surface area (TPSA) is 63.7 Å². The van der Waals surface area contributed by atoms with Crippen LogP contribution in [0, 0.1) is 0 Å². The van der Waals surface area contributed by atoms with Gasteiger partial charge in [0.15, 0.2) is 6.04 Å². The molecule has 1 amide bonds. The lowest BCUT2D eigenvalue weighted by Crippen LogP contribution is -2.44. The number of carbonyl (C=O) groups excluding carboxylic acids is 3. The Hall–Kier alpha value is -2.95. The number of hydrogen-bond acceptors (Lipinski definition) is 4. The van der Waals surface area contributed by atoms with Crippen molar-refractivity contribution in [2.75, 3.05) is 6.54 Å². The van der Waals surface area contributed by atoms with E-state index in [1.807, 2.05) is 48.5 Å². The van der Waals surface area contributed by atoms with Crippen molar-refractivity contribution in [2.45, 2.75) is 19.1 Å². The summed E-state index contributed by atoms with van der Waals surface area (Å²) < 4.78 is 5.40. The summed E-state index contributed by atoms with van der Waals surface area (Å²) >= 11 is 0. The number of carbonyl (C=O) groups is 3. The highest BCUT2D eigenvalue weighted by Crippen LogP contribution is 2.30. The number of fused-ring (bicyclic) bond motifs is 1. The summed E-state index contributed by atoms with van der Waals surface area (Å²) in [5, 5.41) is 0. The molecule has 0 spiro atoms. The lowest BCUT2D eigenvalue weighted by molar-refractivity contribution is -0.157. The highest BCUT2D eigenvalue weighted by atomic mass is 16.5. The Morgan fingerprint density at radius 1 is 1.08 bits per heavy atom. The molecular weight excluding hydrogens is 306 g/mol. The number of amides is 1. The average molecular weight is 323 g/mol. The zero-order valence-corrected chi connectivity index (χ0v) is 13.1. The van der Waals surface area contributed by atoms with E-state index in [2.05, 4.69) is 0 Å². The van der Waals surface area contributed by atoms with Gasteiger partial charge >= 0.3 is 5.97 Å². The average Bonchev–Trinajstić information content (AvgIpc) is 2.65. The van der Waals surface area contributed by atoms with E-state index in [-0.39, 0.29) is 12.9 Å². The Balaban J connectivity index is 1.84. The van der Waals surface area contributed by atoms with Crippen LogP contribution in [0.3, 0.4) is 0 Å². The van der Waals surface area contributed by atoms with Gasteiger partial charge in [0.25, 0.3) is 5.91 Å². The van der Waals surface area contributed by atoms with Gasteiger partial charge < -0.3 is 9.64 Å². The van der Waals surface area contributed by atoms with Gasteiger partial charge in [-0.3, -0.25) is 9.59 Å². The second kappa shape index (κ2) is 7.08. The molecule has 2 aromatic rings. The third-order valence-electron chi connectivity index (χ3n) is 4.11. The van der Waals surface area contributed by atoms with Crippen LogP contribution in [0.15, 0.2) is 54.6 Å². The molecule has 1 unspecified atom stereocenters. The molecule has 2 aromatic carbocycles. The smallest absolute Gasteiger partial charge is 0.333 e. The van der Waals surface area contributed by atoms with Crippen molar-refractivity contribution in [3.63, 3.8) is 0 Å². The molecule has 1 aliphatic heterocycles. The molecule has 0 saturated heterocycles. The van der Waals surface area contributed by atoms with Gasteiger partial charge in [0, 0.05) is 6.54 Å². The first kappa shape index (κ1) is 15.9. The van der Waals surface area contributed by atoms with Gasteiger partial charge in [0.2, 0.25) is 6.29 Å². The van der Waals surface area contributed by atoms with Gasteiger partial charge in [0.05, 0.1) is 0 Å². The summed E-state index contributed by atoms with van der Waals surface area (Å²) in [4.78, 5) is 36.7. The number of nitrogens with zero attached hydrogens (tertiary/aromatic N) is 1. The SMILES string of the molecule is O=CC(=O)N1CCc2ccccc2C1C(=O)OCc1ccccc1. The van der Waals surface area contributed by atoms with Crippen LogP contribution in [-0.4, -0.2) is 29.6 Å². The number of ether oxygens (including phenoxy) is 1. The minimum atomic E-state index is -0.878. The second-order valence-corrected chi connectivity index (χ2v) is 5.59. The lowest BCUT2D eigenvalue weighted by Gasteiger charge is -2.34. The summed E-state index contributed by atoms with van der Waals surface area (Å²) in [6.45, 7) is 0.446. The summed E-state index contributed by atoms with van der Waals surface area (Å²) in [6, 6.07) is 15.9. The molecule has 5 nitrogen and oxygen atoms in total. The number of rotatable bonds is 4. The second-order valence-electron chi connectivity index (χ2n) is 5.59. The Bertz CT molecular complexity index is 757. The van der Waals surface area contributed by atoms with E-state index in [1.165, 1.54) is 4.90 Å². The quantitative estimate of drug-likeness (QED) is 0.491. The summed E-state index contributed by atoms with van der Waals surface area (Å²) in [5.74, 6) is -1.23. The first-order chi connectivity index (χ1) is 11.7. The molecule has 5 heteroatoms. The predicted octanol–water partition coefficient (Wildman–Crippen LogP) is 2.05. The van der Waals surface area contributed by atoms with Crippen LogP contribution in [0.4, 0.5) is 0 Å². The molecule has 0 aliphatic carbocycles. The molecule has 0 saturated carbocycles. The van der Waals surface area contributed by atoms with Crippen LogP contribution < -0.4 is 0 Å². The van der Waals surface area contributed by atoms with Crippen LogP contribution in [-0.2, 0) is 32.1 Å². The fraction of sp³-hybridized carbons (Fsp3) is 0.211. The minimum absolute atomic E-state index is 0.126. The highest BCUT2D eigenvalue weighted by molar-refractivity contribution is 6.24. The minimum Gasteiger partial charge on any atom is -0.459 e. The number of hydrogen-bond donors (Lipinski definition) is 0. The van der Waals surface area contributed by atoms with Gasteiger partial charge in [-0.25, -0.2) is 4.79 Å². The maximum Gasteiger partial charge on any atom is 0.333 e. The molecule has 0 N–H and O–H groups in total. The van der Waals surface area contributed by atoms with E-state index >= 15 is 0 Å². The fourth-order valence-corrected chi connectivity index (χ4v) is 2.93. The monoisotopic (exact) mass is 323 g/mol. The van der Waals surface area contributed by atoms with E-state index in [1.54, 1.807) is 6.07 Å². The van der Waals surface area contributed by atoms with Gasteiger partial charge in [-0.2, -0.15) is 0 Å². The van der Waals surface area contributed by atoms with Crippen LogP contribution in [0.2, 0.25) is 0 Å². The Morgan fingerprint density at radius 3 is 2.54 bits per heavy atom. The molecule has 1 atom stereocenters. The van der Waals surface area contributed by atoms with Gasteiger partial charge in [-0.15, -0.1) is 0 Å². The van der Waals surface area contributed by atoms with Crippen LogP contribution in [0.1, 0.15) is 22.7 Å². The maximum atomic E-state index is 12.6. The number of aldehydes is 1. The third kappa shape index (κ3) is 3.20. The standard InChI is InChI=1S/C19H17NO4/c21-12-17(22)20-11-10-15-8-4-5-9-16(15)18(20)19(23)24-13-14-6-2-1-3-7-14/h1-9,12,18H,10-11,13H2. The molecule has 3 rings (SSSR count). The predicted molar refractivity (Wildman–Crippen MR) is 86.9 cm³/mol. The third-order valence-corrected chi connectivity index (χ3v) is 4.11. The molecule has 122 valence electrons. The molecule has 0 fully saturated rings. The van der Waals surface area contributed by atoms with E-state index in [0.29, 0.717) is 13.0 Å². The van der Waals surface area contributed by atoms with Crippen molar-refractivity contribution in [1.29, 1.82) is 0 Å². The first-order valence-corrected chi connectivity index (χ1v) is 7.75. The van der Waals surface area contributed by atoms with E-state index in [0.717, 1.165) is 16.7 Å². The van der Waals surface area contributed by atoms with Crippen molar-refractivity contribution in [3.05, 3.63) is 71.3 Å². The Kier molecular flexibility index (Phi) is 4.70. The van der Waals surface area contributed by atoms with Crippen molar-refractivity contribution < 1.29 is 19.1 Å². The normalized spacial score (nSPS) is 16.2. The molecule has 24 heavy (non-hydrogen) atoms. The molecule has 1 aliphatic rings. The highest BCUT2D eigenvalue weighted by Gasteiger charge is 2.36. The van der Waals surface area contributed by atoms with Gasteiger partial charge in [0.1, 0.15) is 6.61 Å². The van der Waals surface area contributed by atoms with Gasteiger partial charge in [-0.05, 0) is 23.1 Å². The van der Waals surface area contributed by atoms with Crippen LogP contribution in [0.5, 0.6) is 0 Å². The molecule has 0 aromatic heterocycles. The van der Waals surface area contributed by atoms with E-state index < -0.39 is 17.9 Å². The zero-order chi connectivity index (χ0) is 16.9. The summed E-state index contributed by atoms with van der Waals surface area (Å²) in [6.07, 6.45) is 0.851. The molecule has 0 bridgehead atoms. The van der Waals surface area contributed by atoms with Crippen LogP contribution >= 0.6 is 0 Å². The van der Waals surface area contributed by atoms with Gasteiger partial charge in [-0.1, -0.05) is 54.6 Å². The van der Waals surface area contributed by atoms with Crippen molar-refractivity contribution >= 4 is 18.2 Å². The molecular formula is C19H17NO4. The number of esters is 1. The van der Waals surface area contributed by atoms with Crippen LogP contribution in [0.25, 0.3) is 0 Å². The van der Waals surface area contributed by atoms with Crippen molar-refractivity contribution in [2.24, 2.45) is 0 Å². The maximum absolute atomic E-state index is 12.6. The number of benzene rings is 2. The summed E-state index contributed by atoms with van der Waals surface area (Å²) in [5.41, 5.74) is 2.58. The van der Waals surface area contributed by atoms with Crippen molar-refractivity contribution in [3.8, 4) is 0 Å². The first-order valence-electron chi connectivity index (χ1n) is 7.75. The van der Waals surface area contributed by atoms with E-state index in [4.69, 9.17) is 4.74 Å². The Labute approximate surface area is 139 Å². The summed E-state index contributed by atoms with van der Waals surface area (Å²) in [7, 11) is 0. The lowest BCUT2D eigenvalue weighted by atomic mass is 9.92.